The molecular formula is C19H19FN6O. The van der Waals surface area contributed by atoms with Gasteiger partial charge in [0.2, 0.25) is 0 Å². The fraction of sp³-hybridized carbons (Fsp3) is 0.263. The highest BCUT2D eigenvalue weighted by atomic mass is 19.1. The van der Waals surface area contributed by atoms with E-state index in [1.54, 1.807) is 36.5 Å². The number of hydrogen-bond acceptors (Lipinski definition) is 5. The summed E-state index contributed by atoms with van der Waals surface area (Å²) in [6.45, 7) is 3.58. The minimum absolute atomic E-state index is 0.0117. The fourth-order valence-corrected chi connectivity index (χ4v) is 3.18. The number of carbonyl (C=O) groups is 1. The number of amides is 1. The van der Waals surface area contributed by atoms with Crippen LogP contribution in [0.5, 0.6) is 0 Å². The van der Waals surface area contributed by atoms with Crippen molar-refractivity contribution in [2.75, 3.05) is 26.2 Å². The molecule has 27 heavy (non-hydrogen) atoms. The zero-order chi connectivity index (χ0) is 18.6. The molecule has 7 nitrogen and oxygen atoms in total. The molecule has 1 fully saturated rings. The maximum Gasteiger partial charge on any atom is 0.253 e. The van der Waals surface area contributed by atoms with Gasteiger partial charge in [0.05, 0.1) is 6.54 Å². The van der Waals surface area contributed by atoms with Gasteiger partial charge in [0.15, 0.2) is 0 Å². The van der Waals surface area contributed by atoms with E-state index < -0.39 is 0 Å². The van der Waals surface area contributed by atoms with Gasteiger partial charge in [-0.2, -0.15) is 5.10 Å². The van der Waals surface area contributed by atoms with Crippen LogP contribution < -0.4 is 0 Å². The number of pyridine rings is 1. The van der Waals surface area contributed by atoms with Gasteiger partial charge in [0.25, 0.3) is 5.91 Å². The Kier molecular flexibility index (Phi) is 4.88. The first-order valence-corrected chi connectivity index (χ1v) is 8.77. The molecule has 1 aromatic carbocycles. The highest BCUT2D eigenvalue weighted by molar-refractivity contribution is 5.94. The molecule has 8 heteroatoms. The van der Waals surface area contributed by atoms with E-state index in [-0.39, 0.29) is 17.4 Å². The number of nitrogens with zero attached hydrogens (tertiary/aromatic N) is 5. The first-order chi connectivity index (χ1) is 13.2. The molecule has 1 N–H and O–H groups in total. The van der Waals surface area contributed by atoms with Crippen molar-refractivity contribution < 1.29 is 9.18 Å². The Balaban J connectivity index is 1.38. The van der Waals surface area contributed by atoms with E-state index >= 15 is 0 Å². The van der Waals surface area contributed by atoms with Crippen LogP contribution in [0.4, 0.5) is 4.39 Å². The van der Waals surface area contributed by atoms with Crippen LogP contribution in [0.15, 0.2) is 48.9 Å². The van der Waals surface area contributed by atoms with Gasteiger partial charge < -0.3 is 4.90 Å². The van der Waals surface area contributed by atoms with Gasteiger partial charge in [-0.05, 0) is 24.3 Å². The summed E-state index contributed by atoms with van der Waals surface area (Å²) in [5.74, 6) is 0.439. The number of piperazine rings is 1. The Bertz CT molecular complexity index is 904. The Labute approximate surface area is 155 Å². The molecule has 0 atom stereocenters. The van der Waals surface area contributed by atoms with E-state index in [9.17, 15) is 9.18 Å². The number of carbonyl (C=O) groups excluding carboxylic acids is 1. The molecule has 0 aliphatic carbocycles. The molecule has 0 spiro atoms. The van der Waals surface area contributed by atoms with Crippen molar-refractivity contribution in [2.45, 2.75) is 6.54 Å². The van der Waals surface area contributed by atoms with E-state index in [2.05, 4.69) is 25.1 Å². The zero-order valence-corrected chi connectivity index (χ0v) is 14.7. The lowest BCUT2D eigenvalue weighted by molar-refractivity contribution is 0.0625. The zero-order valence-electron chi connectivity index (χ0n) is 14.7. The van der Waals surface area contributed by atoms with Gasteiger partial charge in [-0.15, -0.1) is 0 Å². The third-order valence-corrected chi connectivity index (χ3v) is 4.66. The van der Waals surface area contributed by atoms with Gasteiger partial charge >= 0.3 is 0 Å². The number of halogens is 1. The first-order valence-electron chi connectivity index (χ1n) is 8.77. The fourth-order valence-electron chi connectivity index (χ4n) is 3.18. The second-order valence-electron chi connectivity index (χ2n) is 6.41. The van der Waals surface area contributed by atoms with Crippen molar-refractivity contribution in [3.05, 3.63) is 66.1 Å². The van der Waals surface area contributed by atoms with E-state index in [1.165, 1.54) is 12.4 Å². The van der Waals surface area contributed by atoms with Crippen molar-refractivity contribution in [3.8, 4) is 11.3 Å². The molecule has 1 amide bonds. The second kappa shape index (κ2) is 7.63. The molecule has 0 saturated carbocycles. The van der Waals surface area contributed by atoms with E-state index in [0.717, 1.165) is 18.9 Å². The summed E-state index contributed by atoms with van der Waals surface area (Å²) in [4.78, 5) is 25.0. The number of nitrogens with one attached hydrogen (secondary N) is 1. The van der Waals surface area contributed by atoms with E-state index in [0.29, 0.717) is 30.8 Å². The number of rotatable bonds is 4. The molecular weight excluding hydrogens is 347 g/mol. The highest BCUT2D eigenvalue weighted by Gasteiger charge is 2.22. The maximum atomic E-state index is 13.8. The summed E-state index contributed by atoms with van der Waals surface area (Å²) in [6, 6.07) is 9.86. The van der Waals surface area contributed by atoms with Crippen LogP contribution in [0.25, 0.3) is 11.3 Å². The molecule has 4 rings (SSSR count). The Morgan fingerprint density at radius 1 is 1.07 bits per heavy atom. The third kappa shape index (κ3) is 3.85. The van der Waals surface area contributed by atoms with Gasteiger partial charge in [-0.25, -0.2) is 9.37 Å². The predicted octanol–water partition coefficient (Wildman–Crippen LogP) is 1.96. The quantitative estimate of drug-likeness (QED) is 0.764. The average molecular weight is 366 g/mol. The lowest BCUT2D eigenvalue weighted by Gasteiger charge is -2.34. The first kappa shape index (κ1) is 17.3. The molecule has 3 aromatic rings. The summed E-state index contributed by atoms with van der Waals surface area (Å²) in [5, 5.41) is 6.70. The minimum Gasteiger partial charge on any atom is -0.336 e. The van der Waals surface area contributed by atoms with Gasteiger partial charge in [-0.3, -0.25) is 19.8 Å². The molecule has 0 radical (unpaired) electrons. The molecule has 1 aliphatic heterocycles. The number of aromatic nitrogens is 4. The Morgan fingerprint density at radius 3 is 2.52 bits per heavy atom. The van der Waals surface area contributed by atoms with Crippen LogP contribution in [0.1, 0.15) is 16.2 Å². The summed E-state index contributed by atoms with van der Waals surface area (Å²) in [5.41, 5.74) is 1.54. The average Bonchev–Trinajstić information content (AvgIpc) is 3.22. The molecule has 1 aliphatic rings. The van der Waals surface area contributed by atoms with Gasteiger partial charge in [0.1, 0.15) is 23.7 Å². The third-order valence-electron chi connectivity index (χ3n) is 4.66. The Morgan fingerprint density at radius 2 is 1.85 bits per heavy atom. The van der Waals surface area contributed by atoms with Crippen LogP contribution in [-0.2, 0) is 6.54 Å². The van der Waals surface area contributed by atoms with Crippen LogP contribution in [-0.4, -0.2) is 62.1 Å². The number of hydrogen-bond donors (Lipinski definition) is 1. The SMILES string of the molecule is O=C(c1ccc(-c2ncccc2F)cc1)N1CCN(Cc2ncn[nH]2)CC1. The normalized spacial score (nSPS) is 15.1. The highest BCUT2D eigenvalue weighted by Crippen LogP contribution is 2.21. The molecule has 2 aromatic heterocycles. The number of H-pyrrole nitrogens is 1. The van der Waals surface area contributed by atoms with Crippen LogP contribution >= 0.6 is 0 Å². The monoisotopic (exact) mass is 366 g/mol. The minimum atomic E-state index is -0.376. The number of aromatic amines is 1. The molecule has 3 heterocycles. The van der Waals surface area contributed by atoms with Crippen LogP contribution in [0, 0.1) is 5.82 Å². The summed E-state index contributed by atoms with van der Waals surface area (Å²) in [6.07, 6.45) is 3.05. The summed E-state index contributed by atoms with van der Waals surface area (Å²) in [7, 11) is 0. The van der Waals surface area contributed by atoms with Crippen molar-refractivity contribution in [1.29, 1.82) is 0 Å². The lowest BCUT2D eigenvalue weighted by Crippen LogP contribution is -2.48. The summed E-state index contributed by atoms with van der Waals surface area (Å²) >= 11 is 0. The molecule has 0 unspecified atom stereocenters. The predicted molar refractivity (Wildman–Crippen MR) is 97.2 cm³/mol. The Hall–Kier alpha value is -3.13. The summed E-state index contributed by atoms with van der Waals surface area (Å²) < 4.78 is 13.8. The number of benzene rings is 1. The van der Waals surface area contributed by atoms with Crippen molar-refractivity contribution in [1.82, 2.24) is 30.0 Å². The van der Waals surface area contributed by atoms with Gasteiger partial charge in [-0.1, -0.05) is 12.1 Å². The largest absolute Gasteiger partial charge is 0.336 e. The van der Waals surface area contributed by atoms with E-state index in [4.69, 9.17) is 0 Å². The lowest BCUT2D eigenvalue weighted by atomic mass is 10.1. The standard InChI is InChI=1S/C19H19FN6O/c20-16-2-1-7-21-18(16)14-3-5-15(6-4-14)19(27)26-10-8-25(9-11-26)12-17-22-13-23-24-17/h1-7,13H,8-12H2,(H,22,23,24). The topological polar surface area (TPSA) is 78.0 Å². The van der Waals surface area contributed by atoms with Gasteiger partial charge in [0, 0.05) is 43.5 Å². The molecule has 138 valence electrons. The molecule has 0 bridgehead atoms. The maximum absolute atomic E-state index is 13.8. The van der Waals surface area contributed by atoms with Crippen molar-refractivity contribution in [3.63, 3.8) is 0 Å². The van der Waals surface area contributed by atoms with E-state index in [1.807, 2.05) is 4.90 Å². The van der Waals surface area contributed by atoms with Crippen LogP contribution in [0.2, 0.25) is 0 Å². The van der Waals surface area contributed by atoms with Crippen molar-refractivity contribution in [2.24, 2.45) is 0 Å². The van der Waals surface area contributed by atoms with Crippen LogP contribution in [0.3, 0.4) is 0 Å². The second-order valence-corrected chi connectivity index (χ2v) is 6.41. The van der Waals surface area contributed by atoms with Crippen molar-refractivity contribution >= 4 is 5.91 Å². The smallest absolute Gasteiger partial charge is 0.253 e. The molecule has 1 saturated heterocycles.